The normalized spacial score (nSPS) is 14.0. The minimum Gasteiger partial charge on any atom is -0.496 e. The Balaban J connectivity index is 1.66. The van der Waals surface area contributed by atoms with Crippen LogP contribution in [0.1, 0.15) is 42.1 Å². The van der Waals surface area contributed by atoms with Crippen LogP contribution in [0.2, 0.25) is 0 Å². The molecule has 7 heteroatoms. The van der Waals surface area contributed by atoms with E-state index in [0.29, 0.717) is 11.3 Å². The predicted molar refractivity (Wildman–Crippen MR) is 120 cm³/mol. The summed E-state index contributed by atoms with van der Waals surface area (Å²) in [5.74, 6) is 2.35. The molecular formula is C23H26N4O2S. The number of thioether (sulfide) groups is 1. The Labute approximate surface area is 181 Å². The van der Waals surface area contributed by atoms with Crippen molar-refractivity contribution in [3.63, 3.8) is 0 Å². The first-order chi connectivity index (χ1) is 14.7. The smallest absolute Gasteiger partial charge is 0.232 e. The molecular weight excluding hydrogens is 396 g/mol. The van der Waals surface area contributed by atoms with Gasteiger partial charge < -0.3 is 9.64 Å². The third kappa shape index (κ3) is 4.36. The lowest BCUT2D eigenvalue weighted by Crippen LogP contribution is -2.31. The molecule has 1 aromatic heterocycles. The third-order valence-corrected chi connectivity index (χ3v) is 6.29. The van der Waals surface area contributed by atoms with Crippen LogP contribution >= 0.6 is 11.8 Å². The Morgan fingerprint density at radius 3 is 2.53 bits per heavy atom. The highest BCUT2D eigenvalue weighted by Gasteiger charge is 2.22. The van der Waals surface area contributed by atoms with E-state index in [-0.39, 0.29) is 5.78 Å². The summed E-state index contributed by atoms with van der Waals surface area (Å²) >= 11 is 1.60. The van der Waals surface area contributed by atoms with Gasteiger partial charge >= 0.3 is 0 Å². The molecule has 2 heterocycles. The van der Waals surface area contributed by atoms with Gasteiger partial charge in [-0.2, -0.15) is 0 Å². The molecule has 0 saturated carbocycles. The lowest BCUT2D eigenvalue weighted by Gasteiger charge is -2.27. The molecule has 0 bridgehead atoms. The fourth-order valence-electron chi connectivity index (χ4n) is 3.71. The molecule has 1 aliphatic rings. The number of rotatable bonds is 7. The highest BCUT2D eigenvalue weighted by Crippen LogP contribution is 2.32. The van der Waals surface area contributed by atoms with Crippen LogP contribution in [0.25, 0.3) is 5.69 Å². The fraction of sp³-hybridized carbons (Fsp3) is 0.348. The highest BCUT2D eigenvalue weighted by atomic mass is 32.2. The topological polar surface area (TPSA) is 60.2 Å². The van der Waals surface area contributed by atoms with Crippen LogP contribution < -0.4 is 9.64 Å². The monoisotopic (exact) mass is 422 g/mol. The maximum Gasteiger partial charge on any atom is 0.232 e. The Hall–Kier alpha value is -2.80. The second-order valence-electron chi connectivity index (χ2n) is 7.37. The van der Waals surface area contributed by atoms with Crippen LogP contribution in [0.4, 0.5) is 5.95 Å². The maximum atomic E-state index is 11.8. The molecule has 6 nitrogen and oxygen atoms in total. The van der Waals surface area contributed by atoms with Gasteiger partial charge in [-0.25, -0.2) is 0 Å². The minimum atomic E-state index is 0.0451. The van der Waals surface area contributed by atoms with Crippen molar-refractivity contribution in [2.75, 3.05) is 25.1 Å². The highest BCUT2D eigenvalue weighted by molar-refractivity contribution is 7.98. The summed E-state index contributed by atoms with van der Waals surface area (Å²) in [6.07, 6.45) is 3.63. The number of anilines is 1. The summed E-state index contributed by atoms with van der Waals surface area (Å²) in [4.78, 5) is 14.1. The number of ether oxygens (including phenoxy) is 1. The van der Waals surface area contributed by atoms with Crippen LogP contribution in [0.15, 0.2) is 53.7 Å². The average molecular weight is 423 g/mol. The zero-order valence-corrected chi connectivity index (χ0v) is 18.2. The van der Waals surface area contributed by atoms with Crippen molar-refractivity contribution >= 4 is 23.5 Å². The second kappa shape index (κ2) is 9.34. The van der Waals surface area contributed by atoms with E-state index in [1.165, 1.54) is 19.3 Å². The average Bonchev–Trinajstić information content (AvgIpc) is 3.22. The maximum absolute atomic E-state index is 11.8. The number of aromatic nitrogens is 3. The Kier molecular flexibility index (Phi) is 6.38. The number of piperidine rings is 1. The molecule has 0 radical (unpaired) electrons. The minimum absolute atomic E-state index is 0.0451. The van der Waals surface area contributed by atoms with E-state index in [0.717, 1.165) is 41.2 Å². The quantitative estimate of drug-likeness (QED) is 0.404. The summed E-state index contributed by atoms with van der Waals surface area (Å²) in [5.41, 5.74) is 2.71. The van der Waals surface area contributed by atoms with Crippen LogP contribution in [-0.2, 0) is 5.75 Å². The molecule has 0 amide bonds. The third-order valence-electron chi connectivity index (χ3n) is 5.31. The predicted octanol–water partition coefficient (Wildman–Crippen LogP) is 4.76. The molecule has 0 atom stereocenters. The van der Waals surface area contributed by atoms with Crippen molar-refractivity contribution in [3.05, 3.63) is 59.7 Å². The molecule has 3 aromatic rings. The number of ketones is 1. The van der Waals surface area contributed by atoms with Crippen molar-refractivity contribution in [2.24, 2.45) is 0 Å². The molecule has 0 unspecified atom stereocenters. The van der Waals surface area contributed by atoms with E-state index in [1.807, 2.05) is 30.3 Å². The molecule has 1 saturated heterocycles. The van der Waals surface area contributed by atoms with E-state index in [4.69, 9.17) is 4.74 Å². The molecule has 2 aromatic carbocycles. The van der Waals surface area contributed by atoms with Gasteiger partial charge in [-0.3, -0.25) is 9.36 Å². The molecule has 156 valence electrons. The second-order valence-corrected chi connectivity index (χ2v) is 8.32. The Morgan fingerprint density at radius 1 is 1.07 bits per heavy atom. The van der Waals surface area contributed by atoms with Crippen molar-refractivity contribution in [3.8, 4) is 11.4 Å². The zero-order valence-electron chi connectivity index (χ0n) is 17.4. The largest absolute Gasteiger partial charge is 0.496 e. The molecule has 0 N–H and O–H groups in total. The van der Waals surface area contributed by atoms with E-state index in [9.17, 15) is 4.79 Å². The fourth-order valence-corrected chi connectivity index (χ4v) is 4.64. The summed E-state index contributed by atoms with van der Waals surface area (Å²) < 4.78 is 7.64. The summed E-state index contributed by atoms with van der Waals surface area (Å²) in [6.45, 7) is 3.59. The van der Waals surface area contributed by atoms with E-state index in [2.05, 4.69) is 31.8 Å². The van der Waals surface area contributed by atoms with Crippen LogP contribution in [0.3, 0.4) is 0 Å². The summed E-state index contributed by atoms with van der Waals surface area (Å²) in [7, 11) is 1.65. The van der Waals surface area contributed by atoms with Crippen LogP contribution in [0, 0.1) is 0 Å². The number of hydrogen-bond acceptors (Lipinski definition) is 6. The number of para-hydroxylation sites is 1. The molecule has 0 spiro atoms. The SMILES string of the molecule is COc1ccc(C(C)=O)cc1CSc1nnc(N2CCCCC2)n1-c1ccccc1. The number of nitrogens with zero attached hydrogens (tertiary/aromatic N) is 4. The lowest BCUT2D eigenvalue weighted by molar-refractivity contribution is 0.101. The number of methoxy groups -OCH3 is 1. The van der Waals surface area contributed by atoms with Crippen LogP contribution in [0.5, 0.6) is 5.75 Å². The Bertz CT molecular complexity index is 1010. The first kappa shape index (κ1) is 20.5. The first-order valence-corrected chi connectivity index (χ1v) is 11.2. The van der Waals surface area contributed by atoms with Gasteiger partial charge in [-0.05, 0) is 56.5 Å². The van der Waals surface area contributed by atoms with E-state index >= 15 is 0 Å². The Morgan fingerprint density at radius 2 is 1.83 bits per heavy atom. The van der Waals surface area contributed by atoms with Crippen LogP contribution in [-0.4, -0.2) is 40.7 Å². The van der Waals surface area contributed by atoms with Crippen molar-refractivity contribution in [1.29, 1.82) is 0 Å². The number of hydrogen-bond donors (Lipinski definition) is 0. The van der Waals surface area contributed by atoms with Gasteiger partial charge in [0.1, 0.15) is 5.75 Å². The van der Waals surface area contributed by atoms with Gasteiger partial charge in [0.25, 0.3) is 0 Å². The van der Waals surface area contributed by atoms with Gasteiger partial charge in [0.15, 0.2) is 10.9 Å². The standard InChI is InChI=1S/C23H26N4O2S/c1-17(28)18-11-12-21(29-2)19(15-18)16-30-23-25-24-22(26-13-7-4-8-14-26)27(23)20-9-5-3-6-10-20/h3,5-6,9-12,15H,4,7-8,13-14,16H2,1-2H3. The number of carbonyl (C=O) groups is 1. The van der Waals surface area contributed by atoms with E-state index in [1.54, 1.807) is 31.9 Å². The number of benzene rings is 2. The van der Waals surface area contributed by atoms with Crippen molar-refractivity contribution in [2.45, 2.75) is 37.1 Å². The molecule has 1 fully saturated rings. The molecule has 1 aliphatic heterocycles. The van der Waals surface area contributed by atoms with Gasteiger partial charge in [-0.1, -0.05) is 30.0 Å². The van der Waals surface area contributed by atoms with Crippen molar-refractivity contribution in [1.82, 2.24) is 14.8 Å². The zero-order chi connectivity index (χ0) is 20.9. The van der Waals surface area contributed by atoms with Gasteiger partial charge in [0.2, 0.25) is 5.95 Å². The molecule has 30 heavy (non-hydrogen) atoms. The van der Waals surface area contributed by atoms with Gasteiger partial charge in [0.05, 0.1) is 12.8 Å². The number of Topliss-reactive ketones (excluding diaryl/α,β-unsaturated/α-hetero) is 1. The number of carbonyl (C=O) groups excluding carboxylic acids is 1. The molecule has 4 rings (SSSR count). The van der Waals surface area contributed by atoms with E-state index < -0.39 is 0 Å². The van der Waals surface area contributed by atoms with Crippen molar-refractivity contribution < 1.29 is 9.53 Å². The molecule has 0 aliphatic carbocycles. The van der Waals surface area contributed by atoms with Gasteiger partial charge in [-0.15, -0.1) is 10.2 Å². The first-order valence-electron chi connectivity index (χ1n) is 10.2. The van der Waals surface area contributed by atoms with Gasteiger partial charge in [0, 0.05) is 30.0 Å². The lowest BCUT2D eigenvalue weighted by atomic mass is 10.1. The summed E-state index contributed by atoms with van der Waals surface area (Å²) in [6, 6.07) is 15.8. The summed E-state index contributed by atoms with van der Waals surface area (Å²) in [5, 5.41) is 9.90.